The number of rotatable bonds is 2. The average molecular weight is 252 g/mol. The number of benzene rings is 1. The van der Waals surface area contributed by atoms with Crippen LogP contribution < -0.4 is 4.74 Å². The molecule has 0 spiro atoms. The molecule has 1 aliphatic rings. The van der Waals surface area contributed by atoms with E-state index >= 15 is 0 Å². The molecule has 1 fully saturated rings. The van der Waals surface area contributed by atoms with E-state index in [9.17, 15) is 13.6 Å². The molecule has 2 nitrogen and oxygen atoms in total. The Balaban J connectivity index is 2.34. The van der Waals surface area contributed by atoms with E-state index in [1.54, 1.807) is 24.3 Å². The molecule has 0 radical (unpaired) electrons. The first-order chi connectivity index (χ1) is 8.52. The number of carbonyl (C=O) groups is 1. The summed E-state index contributed by atoms with van der Waals surface area (Å²) in [5.41, 5.74) is 0.830. The van der Waals surface area contributed by atoms with Crippen molar-refractivity contribution in [2.45, 2.75) is 25.2 Å². The fourth-order valence-electron chi connectivity index (χ4n) is 2.03. The van der Waals surface area contributed by atoms with Crippen molar-refractivity contribution in [2.24, 2.45) is 0 Å². The fraction of sp³-hybridized carbons (Fsp3) is 0.357. The summed E-state index contributed by atoms with van der Waals surface area (Å²) in [6, 6.07) is 7.04. The van der Waals surface area contributed by atoms with Crippen molar-refractivity contribution < 1.29 is 18.3 Å². The Morgan fingerprint density at radius 2 is 2.06 bits per heavy atom. The number of allylic oxidation sites excluding steroid dienone is 1. The number of carbonyl (C=O) groups excluding carboxylic acids is 1. The van der Waals surface area contributed by atoms with Crippen LogP contribution >= 0.6 is 0 Å². The molecule has 96 valence electrons. The van der Waals surface area contributed by atoms with Crippen molar-refractivity contribution in [1.82, 2.24) is 0 Å². The lowest BCUT2D eigenvalue weighted by molar-refractivity contribution is -0.121. The topological polar surface area (TPSA) is 26.3 Å². The zero-order chi connectivity index (χ0) is 13.2. The lowest BCUT2D eigenvalue weighted by Crippen LogP contribution is -2.26. The Bertz CT molecular complexity index is 492. The van der Waals surface area contributed by atoms with Crippen LogP contribution in [0.15, 0.2) is 29.8 Å². The first-order valence-corrected chi connectivity index (χ1v) is 5.76. The number of halogens is 2. The molecule has 18 heavy (non-hydrogen) atoms. The lowest BCUT2D eigenvalue weighted by atomic mass is 9.89. The molecule has 1 aromatic rings. The van der Waals surface area contributed by atoms with E-state index < -0.39 is 12.3 Å². The Morgan fingerprint density at radius 3 is 2.78 bits per heavy atom. The minimum Gasteiger partial charge on any atom is -0.496 e. The summed E-state index contributed by atoms with van der Waals surface area (Å²) in [4.78, 5) is 11.6. The van der Waals surface area contributed by atoms with Crippen LogP contribution in [0, 0.1) is 0 Å². The van der Waals surface area contributed by atoms with E-state index in [1.807, 2.05) is 0 Å². The maximum atomic E-state index is 13.3. The summed E-state index contributed by atoms with van der Waals surface area (Å²) in [5, 5.41) is 0. The van der Waals surface area contributed by atoms with Crippen molar-refractivity contribution in [1.29, 1.82) is 0 Å². The van der Waals surface area contributed by atoms with Crippen LogP contribution in [0.3, 0.4) is 0 Å². The van der Waals surface area contributed by atoms with Gasteiger partial charge >= 0.3 is 0 Å². The first kappa shape index (κ1) is 12.7. The summed E-state index contributed by atoms with van der Waals surface area (Å²) in [6.07, 6.45) is 0.585. The van der Waals surface area contributed by atoms with Gasteiger partial charge in [-0.15, -0.1) is 0 Å². The molecule has 1 saturated carbocycles. The van der Waals surface area contributed by atoms with Crippen LogP contribution in [-0.4, -0.2) is 18.8 Å². The zero-order valence-corrected chi connectivity index (χ0v) is 10.1. The summed E-state index contributed by atoms with van der Waals surface area (Å²) in [5.74, 6) is -2.40. The number of methoxy groups -OCH3 is 1. The predicted molar refractivity (Wildman–Crippen MR) is 64.8 cm³/mol. The highest BCUT2D eigenvalue weighted by atomic mass is 19.3. The second-order valence-corrected chi connectivity index (χ2v) is 4.37. The van der Waals surface area contributed by atoms with E-state index in [1.165, 1.54) is 13.2 Å². The first-order valence-electron chi connectivity index (χ1n) is 5.76. The van der Waals surface area contributed by atoms with Crippen LogP contribution in [0.4, 0.5) is 8.78 Å². The van der Waals surface area contributed by atoms with E-state index in [0.717, 1.165) is 0 Å². The molecule has 0 aliphatic heterocycles. The summed E-state index contributed by atoms with van der Waals surface area (Å²) in [7, 11) is 1.51. The van der Waals surface area contributed by atoms with Crippen molar-refractivity contribution in [3.8, 4) is 5.75 Å². The normalized spacial score (nSPS) is 21.1. The number of para-hydroxylation sites is 1. The van der Waals surface area contributed by atoms with Gasteiger partial charge in [-0.25, -0.2) is 8.78 Å². The molecule has 1 aromatic carbocycles. The van der Waals surface area contributed by atoms with Crippen molar-refractivity contribution in [3.05, 3.63) is 35.4 Å². The molecule has 0 heterocycles. The third-order valence-electron chi connectivity index (χ3n) is 2.99. The molecule has 0 aromatic heterocycles. The number of hydrogen-bond donors (Lipinski definition) is 0. The van der Waals surface area contributed by atoms with Gasteiger partial charge in [-0.1, -0.05) is 18.2 Å². The minimum atomic E-state index is -2.78. The number of alkyl halides is 2. The van der Waals surface area contributed by atoms with Gasteiger partial charge in [-0.05, 0) is 12.1 Å². The SMILES string of the molecule is COc1ccccc1/C=C1\CC(F)(F)CCC1=O. The minimum absolute atomic E-state index is 0.0893. The molecule has 1 aliphatic carbocycles. The summed E-state index contributed by atoms with van der Waals surface area (Å²) in [6.45, 7) is 0. The van der Waals surface area contributed by atoms with E-state index in [2.05, 4.69) is 0 Å². The van der Waals surface area contributed by atoms with Gasteiger partial charge in [0, 0.05) is 30.4 Å². The van der Waals surface area contributed by atoms with Gasteiger partial charge in [-0.2, -0.15) is 0 Å². The van der Waals surface area contributed by atoms with Gasteiger partial charge in [-0.3, -0.25) is 4.79 Å². The van der Waals surface area contributed by atoms with Crippen LogP contribution in [0.2, 0.25) is 0 Å². The Hall–Kier alpha value is -1.71. The summed E-state index contributed by atoms with van der Waals surface area (Å²) >= 11 is 0. The van der Waals surface area contributed by atoms with Gasteiger partial charge in [0.1, 0.15) is 5.75 Å². The van der Waals surface area contributed by atoms with Crippen molar-refractivity contribution in [2.75, 3.05) is 7.11 Å². The van der Waals surface area contributed by atoms with Gasteiger partial charge in [0.25, 0.3) is 5.92 Å². The monoisotopic (exact) mass is 252 g/mol. The van der Waals surface area contributed by atoms with E-state index in [-0.39, 0.29) is 24.2 Å². The maximum Gasteiger partial charge on any atom is 0.252 e. The molecule has 0 bridgehead atoms. The second-order valence-electron chi connectivity index (χ2n) is 4.37. The molecule has 0 unspecified atom stereocenters. The van der Waals surface area contributed by atoms with Crippen molar-refractivity contribution in [3.63, 3.8) is 0 Å². The maximum absolute atomic E-state index is 13.3. The zero-order valence-electron chi connectivity index (χ0n) is 10.1. The smallest absolute Gasteiger partial charge is 0.252 e. The fourth-order valence-corrected chi connectivity index (χ4v) is 2.03. The highest BCUT2D eigenvalue weighted by Crippen LogP contribution is 2.36. The number of ketones is 1. The van der Waals surface area contributed by atoms with Crippen LogP contribution in [0.1, 0.15) is 24.8 Å². The Morgan fingerprint density at radius 1 is 1.33 bits per heavy atom. The van der Waals surface area contributed by atoms with Crippen LogP contribution in [0.5, 0.6) is 5.75 Å². The lowest BCUT2D eigenvalue weighted by Gasteiger charge is -2.22. The molecule has 0 amide bonds. The van der Waals surface area contributed by atoms with Gasteiger partial charge < -0.3 is 4.74 Å². The van der Waals surface area contributed by atoms with Gasteiger partial charge in [0.15, 0.2) is 5.78 Å². The van der Waals surface area contributed by atoms with E-state index in [4.69, 9.17) is 4.74 Å². The molecule has 0 saturated heterocycles. The molecule has 0 atom stereocenters. The van der Waals surface area contributed by atoms with E-state index in [0.29, 0.717) is 11.3 Å². The molecular weight excluding hydrogens is 238 g/mol. The quantitative estimate of drug-likeness (QED) is 0.753. The molecular formula is C14H14F2O2. The Labute approximate surface area is 104 Å². The number of Topliss-reactive ketones (excluding diaryl/α,β-unsaturated/α-hetero) is 1. The molecule has 0 N–H and O–H groups in total. The van der Waals surface area contributed by atoms with Crippen molar-refractivity contribution >= 4 is 11.9 Å². The largest absolute Gasteiger partial charge is 0.496 e. The third-order valence-corrected chi connectivity index (χ3v) is 2.99. The second kappa shape index (κ2) is 4.88. The summed E-state index contributed by atoms with van der Waals surface area (Å²) < 4.78 is 31.7. The third kappa shape index (κ3) is 2.75. The standard InChI is InChI=1S/C14H14F2O2/c1-18-13-5-3-2-4-10(13)8-11-9-14(15,16)7-6-12(11)17/h2-5,8H,6-7,9H2,1H3/b11-8+. The predicted octanol–water partition coefficient (Wildman–Crippen LogP) is 3.47. The highest BCUT2D eigenvalue weighted by molar-refractivity contribution is 6.00. The number of ether oxygens (including phenoxy) is 1. The van der Waals surface area contributed by atoms with Crippen LogP contribution in [0.25, 0.3) is 6.08 Å². The number of hydrogen-bond acceptors (Lipinski definition) is 2. The van der Waals surface area contributed by atoms with Crippen LogP contribution in [-0.2, 0) is 4.79 Å². The average Bonchev–Trinajstić information content (AvgIpc) is 2.34. The Kier molecular flexibility index (Phi) is 3.45. The van der Waals surface area contributed by atoms with Gasteiger partial charge in [0.2, 0.25) is 0 Å². The highest BCUT2D eigenvalue weighted by Gasteiger charge is 2.37. The molecule has 4 heteroatoms. The van der Waals surface area contributed by atoms with Gasteiger partial charge in [0.05, 0.1) is 7.11 Å². The molecule has 2 rings (SSSR count).